The quantitative estimate of drug-likeness (QED) is 0.843. The minimum absolute atomic E-state index is 0.216. The van der Waals surface area contributed by atoms with Crippen LogP contribution in [-0.2, 0) is 14.2 Å². The Morgan fingerprint density at radius 2 is 1.33 bits per heavy atom. The number of hydrogen-bond acceptors (Lipinski definition) is 5. The fourth-order valence-corrected chi connectivity index (χ4v) is 1.88. The molecule has 5 heteroatoms. The van der Waals surface area contributed by atoms with Crippen LogP contribution in [0.1, 0.15) is 0 Å². The van der Waals surface area contributed by atoms with Crippen LogP contribution in [0, 0.1) is 0 Å². The van der Waals surface area contributed by atoms with Gasteiger partial charge in [0.2, 0.25) is 0 Å². The van der Waals surface area contributed by atoms with E-state index >= 15 is 0 Å². The van der Waals surface area contributed by atoms with E-state index in [-0.39, 0.29) is 11.5 Å². The summed E-state index contributed by atoms with van der Waals surface area (Å²) in [5.74, 6) is 0.432. The lowest BCUT2D eigenvalue weighted by molar-refractivity contribution is 0.102. The molecule has 0 aliphatic carbocycles. The maximum absolute atomic E-state index is 9.14. The molecule has 2 N–H and O–H groups in total. The van der Waals surface area contributed by atoms with Crippen LogP contribution in [0.15, 0.2) is 36.4 Å². The van der Waals surface area contributed by atoms with E-state index in [4.69, 9.17) is 24.4 Å². The maximum Gasteiger partial charge on any atom is 0.116 e. The Bertz CT molecular complexity index is 556. The van der Waals surface area contributed by atoms with Crippen molar-refractivity contribution >= 4 is 10.8 Å². The number of phenolic OH excluding ortho intramolecular Hbond substituents is 2. The van der Waals surface area contributed by atoms with Crippen molar-refractivity contribution in [2.24, 2.45) is 0 Å². The average Bonchev–Trinajstić information content (AvgIpc) is 3.34. The molecule has 2 heterocycles. The maximum atomic E-state index is 9.14. The van der Waals surface area contributed by atoms with Gasteiger partial charge in [0.05, 0.1) is 26.4 Å². The molecule has 4 rings (SSSR count). The van der Waals surface area contributed by atoms with E-state index in [1.165, 1.54) is 0 Å². The molecule has 2 aliphatic rings. The van der Waals surface area contributed by atoms with Crippen LogP contribution in [-0.4, -0.2) is 48.8 Å². The first-order chi connectivity index (χ1) is 10.2. The predicted octanol–water partition coefficient (Wildman–Crippen LogP) is 2.05. The minimum Gasteiger partial charge on any atom is -0.508 e. The standard InChI is InChI=1S/C10H8O2.C6H10O3/c11-9-3-1-7-2-4-10(12)6-8(7)5-9;1(5-3-8-5)7-2-6-4-9-6/h1-6,11-12H;5-6H,1-4H2. The summed E-state index contributed by atoms with van der Waals surface area (Å²) in [5, 5.41) is 20.1. The van der Waals surface area contributed by atoms with Crippen molar-refractivity contribution < 1.29 is 24.4 Å². The smallest absolute Gasteiger partial charge is 0.116 e. The van der Waals surface area contributed by atoms with Crippen molar-refractivity contribution in [2.45, 2.75) is 12.2 Å². The minimum atomic E-state index is 0.216. The number of aromatic hydroxyl groups is 2. The Kier molecular flexibility index (Phi) is 4.24. The summed E-state index contributed by atoms with van der Waals surface area (Å²) in [5.41, 5.74) is 0. The lowest BCUT2D eigenvalue weighted by Gasteiger charge is -1.98. The van der Waals surface area contributed by atoms with Crippen LogP contribution >= 0.6 is 0 Å². The fourth-order valence-electron chi connectivity index (χ4n) is 1.88. The molecule has 0 bridgehead atoms. The number of ether oxygens (including phenoxy) is 3. The monoisotopic (exact) mass is 290 g/mol. The van der Waals surface area contributed by atoms with Gasteiger partial charge in [-0.15, -0.1) is 0 Å². The molecule has 2 fully saturated rings. The highest BCUT2D eigenvalue weighted by Gasteiger charge is 2.26. The van der Waals surface area contributed by atoms with E-state index in [1.807, 2.05) is 12.1 Å². The third-order valence-electron chi connectivity index (χ3n) is 3.22. The highest BCUT2D eigenvalue weighted by atomic mass is 16.6. The molecular formula is C16H18O5. The highest BCUT2D eigenvalue weighted by Crippen LogP contribution is 2.23. The van der Waals surface area contributed by atoms with Crippen molar-refractivity contribution in [3.05, 3.63) is 36.4 Å². The molecule has 112 valence electrons. The second-order valence-electron chi connectivity index (χ2n) is 5.16. The van der Waals surface area contributed by atoms with E-state index in [2.05, 4.69) is 0 Å². The van der Waals surface area contributed by atoms with Crippen LogP contribution in [0.4, 0.5) is 0 Å². The van der Waals surface area contributed by atoms with Gasteiger partial charge in [0.1, 0.15) is 23.7 Å². The van der Waals surface area contributed by atoms with Gasteiger partial charge in [0.25, 0.3) is 0 Å². The fraction of sp³-hybridized carbons (Fsp3) is 0.375. The molecule has 0 saturated carbocycles. The molecule has 2 aliphatic heterocycles. The van der Waals surface area contributed by atoms with E-state index in [0.717, 1.165) is 37.2 Å². The van der Waals surface area contributed by atoms with Crippen molar-refractivity contribution in [1.82, 2.24) is 0 Å². The summed E-state index contributed by atoms with van der Waals surface area (Å²) in [6.45, 7) is 3.26. The number of fused-ring (bicyclic) bond motifs is 1. The SMILES string of the molecule is C(OCC1CO1)C1CO1.Oc1ccc2ccc(O)cc2c1. The molecule has 2 atom stereocenters. The zero-order valence-electron chi connectivity index (χ0n) is 11.6. The Morgan fingerprint density at radius 3 is 1.76 bits per heavy atom. The van der Waals surface area contributed by atoms with Crippen LogP contribution in [0.5, 0.6) is 11.5 Å². The number of epoxide rings is 2. The van der Waals surface area contributed by atoms with Crippen LogP contribution in [0.25, 0.3) is 10.8 Å². The van der Waals surface area contributed by atoms with Gasteiger partial charge in [-0.2, -0.15) is 0 Å². The summed E-state index contributed by atoms with van der Waals surface area (Å²) in [4.78, 5) is 0. The molecule has 2 aromatic carbocycles. The largest absolute Gasteiger partial charge is 0.508 e. The van der Waals surface area contributed by atoms with Crippen molar-refractivity contribution in [3.8, 4) is 11.5 Å². The zero-order valence-corrected chi connectivity index (χ0v) is 11.6. The first-order valence-electron chi connectivity index (χ1n) is 6.93. The third kappa shape index (κ3) is 4.60. The molecular weight excluding hydrogens is 272 g/mol. The van der Waals surface area contributed by atoms with Gasteiger partial charge in [-0.25, -0.2) is 0 Å². The second kappa shape index (κ2) is 6.30. The van der Waals surface area contributed by atoms with Gasteiger partial charge in [0.15, 0.2) is 0 Å². The molecule has 21 heavy (non-hydrogen) atoms. The average molecular weight is 290 g/mol. The third-order valence-corrected chi connectivity index (χ3v) is 3.22. The van der Waals surface area contributed by atoms with E-state index in [1.54, 1.807) is 24.3 Å². The number of hydrogen-bond donors (Lipinski definition) is 2. The first-order valence-corrected chi connectivity index (χ1v) is 6.93. The predicted molar refractivity (Wildman–Crippen MR) is 77.6 cm³/mol. The van der Waals surface area contributed by atoms with Crippen LogP contribution in [0.3, 0.4) is 0 Å². The first kappa shape index (κ1) is 14.1. The van der Waals surface area contributed by atoms with Gasteiger partial charge in [0, 0.05) is 0 Å². The molecule has 5 nitrogen and oxygen atoms in total. The summed E-state index contributed by atoms with van der Waals surface area (Å²) < 4.78 is 15.1. The summed E-state index contributed by atoms with van der Waals surface area (Å²) in [7, 11) is 0. The highest BCUT2D eigenvalue weighted by molar-refractivity contribution is 5.84. The molecule has 2 aromatic rings. The molecule has 0 aromatic heterocycles. The van der Waals surface area contributed by atoms with Crippen molar-refractivity contribution in [3.63, 3.8) is 0 Å². The second-order valence-corrected chi connectivity index (χ2v) is 5.16. The van der Waals surface area contributed by atoms with E-state index in [0.29, 0.717) is 12.2 Å². The van der Waals surface area contributed by atoms with Gasteiger partial charge in [-0.05, 0) is 35.0 Å². The Morgan fingerprint density at radius 1 is 0.857 bits per heavy atom. The summed E-state index contributed by atoms with van der Waals surface area (Å²) in [6, 6.07) is 10.1. The molecule has 2 unspecified atom stereocenters. The van der Waals surface area contributed by atoms with Gasteiger partial charge in [-0.1, -0.05) is 12.1 Å². The zero-order chi connectivity index (χ0) is 14.7. The lowest BCUT2D eigenvalue weighted by atomic mass is 10.1. The summed E-state index contributed by atoms with van der Waals surface area (Å²) >= 11 is 0. The van der Waals surface area contributed by atoms with Gasteiger partial charge in [-0.3, -0.25) is 0 Å². The molecule has 0 amide bonds. The topological polar surface area (TPSA) is 74.8 Å². The summed E-state index contributed by atoms with van der Waals surface area (Å²) in [6.07, 6.45) is 0.785. The number of rotatable bonds is 4. The molecule has 0 spiro atoms. The Hall–Kier alpha value is -1.82. The van der Waals surface area contributed by atoms with Gasteiger partial charge < -0.3 is 24.4 Å². The Labute approximate surface area is 122 Å². The van der Waals surface area contributed by atoms with Crippen molar-refractivity contribution in [1.29, 1.82) is 0 Å². The van der Waals surface area contributed by atoms with E-state index < -0.39 is 0 Å². The molecule has 0 radical (unpaired) electrons. The number of phenols is 2. The Balaban J connectivity index is 0.000000131. The number of benzene rings is 2. The van der Waals surface area contributed by atoms with Crippen LogP contribution < -0.4 is 0 Å². The van der Waals surface area contributed by atoms with Crippen LogP contribution in [0.2, 0.25) is 0 Å². The van der Waals surface area contributed by atoms with E-state index in [9.17, 15) is 0 Å². The lowest BCUT2D eigenvalue weighted by Crippen LogP contribution is -2.06. The normalized spacial score (nSPS) is 22.5. The van der Waals surface area contributed by atoms with Gasteiger partial charge >= 0.3 is 0 Å². The molecule has 2 saturated heterocycles. The van der Waals surface area contributed by atoms with Crippen molar-refractivity contribution in [2.75, 3.05) is 26.4 Å².